The molecule has 2 heterocycles. The minimum absolute atomic E-state index is 0.426. The van der Waals surface area contributed by atoms with Crippen molar-refractivity contribution in [1.82, 2.24) is 9.97 Å². The minimum Gasteiger partial charge on any atom is -0.388 e. The summed E-state index contributed by atoms with van der Waals surface area (Å²) in [5.41, 5.74) is 1.94. The van der Waals surface area contributed by atoms with Crippen LogP contribution in [-0.2, 0) is 0 Å². The molecule has 2 N–H and O–H groups in total. The average Bonchev–Trinajstić information content (AvgIpc) is 3.20. The maximum atomic E-state index is 10.3. The molecule has 0 aromatic carbocycles. The van der Waals surface area contributed by atoms with E-state index in [0.29, 0.717) is 12.5 Å². The van der Waals surface area contributed by atoms with E-state index >= 15 is 0 Å². The largest absolute Gasteiger partial charge is 0.388 e. The van der Waals surface area contributed by atoms with Crippen molar-refractivity contribution in [2.24, 2.45) is 5.92 Å². The van der Waals surface area contributed by atoms with Gasteiger partial charge in [0.25, 0.3) is 0 Å². The van der Waals surface area contributed by atoms with Gasteiger partial charge in [0.15, 0.2) is 0 Å². The van der Waals surface area contributed by atoms with Crippen LogP contribution < -0.4 is 5.32 Å². The summed E-state index contributed by atoms with van der Waals surface area (Å²) in [6, 6.07) is 3.83. The predicted octanol–water partition coefficient (Wildman–Crippen LogP) is 2.97. The summed E-state index contributed by atoms with van der Waals surface area (Å²) >= 11 is 3.39. The summed E-state index contributed by atoms with van der Waals surface area (Å²) in [6.07, 6.45) is 5.76. The van der Waals surface area contributed by atoms with Gasteiger partial charge in [0, 0.05) is 23.4 Å². The molecule has 1 atom stereocenters. The second-order valence-corrected chi connectivity index (χ2v) is 6.28. The molecule has 2 aromatic rings. The van der Waals surface area contributed by atoms with Gasteiger partial charge in [-0.25, -0.2) is 0 Å². The number of nitrogens with zero attached hydrogens (tertiary/aromatic N) is 2. The highest BCUT2D eigenvalue weighted by atomic mass is 79.9. The number of hydrogen-bond donors (Lipinski definition) is 2. The van der Waals surface area contributed by atoms with Crippen molar-refractivity contribution >= 4 is 32.7 Å². The number of pyridine rings is 2. The number of anilines is 1. The van der Waals surface area contributed by atoms with Gasteiger partial charge in [-0.2, -0.15) is 0 Å². The number of halogens is 1. The molecule has 100 valence electrons. The Hall–Kier alpha value is -1.20. The minimum atomic E-state index is -0.648. The topological polar surface area (TPSA) is 58.0 Å². The highest BCUT2D eigenvalue weighted by molar-refractivity contribution is 9.10. The van der Waals surface area contributed by atoms with Gasteiger partial charge in [-0.3, -0.25) is 9.97 Å². The van der Waals surface area contributed by atoms with Gasteiger partial charge in [0.1, 0.15) is 5.52 Å². The number of fused-ring (bicyclic) bond motifs is 1. The maximum Gasteiger partial charge on any atom is 0.112 e. The zero-order chi connectivity index (χ0) is 13.5. The third-order valence-electron chi connectivity index (χ3n) is 3.64. The zero-order valence-corrected chi connectivity index (χ0v) is 12.3. The molecule has 1 unspecified atom stereocenters. The van der Waals surface area contributed by atoms with Crippen LogP contribution in [0, 0.1) is 5.92 Å². The van der Waals surface area contributed by atoms with Crippen LogP contribution in [0.5, 0.6) is 0 Å². The molecule has 0 saturated heterocycles. The number of aliphatic hydroxyl groups is 1. The molecule has 19 heavy (non-hydrogen) atoms. The van der Waals surface area contributed by atoms with Crippen LogP contribution in [0.3, 0.4) is 0 Å². The number of aromatic nitrogens is 2. The molecule has 3 rings (SSSR count). The molecule has 0 radical (unpaired) electrons. The molecule has 1 aliphatic rings. The quantitative estimate of drug-likeness (QED) is 0.909. The lowest BCUT2D eigenvalue weighted by molar-refractivity contribution is 0.0503. The van der Waals surface area contributed by atoms with Crippen LogP contribution in [0.15, 0.2) is 29.0 Å². The summed E-state index contributed by atoms with van der Waals surface area (Å²) < 4.78 is 0.912. The Bertz CT molecular complexity index is 611. The second-order valence-electron chi connectivity index (χ2n) is 5.36. The normalized spacial score (nSPS) is 18.3. The Kier molecular flexibility index (Phi) is 3.19. The highest BCUT2D eigenvalue weighted by Crippen LogP contribution is 2.39. The molecule has 1 aliphatic carbocycles. The zero-order valence-electron chi connectivity index (χ0n) is 10.7. The van der Waals surface area contributed by atoms with Crippen LogP contribution in [0.25, 0.3) is 11.0 Å². The lowest BCUT2D eigenvalue weighted by atomic mass is 10.0. The van der Waals surface area contributed by atoms with Crippen molar-refractivity contribution in [3.05, 3.63) is 29.0 Å². The predicted molar refractivity (Wildman–Crippen MR) is 79.1 cm³/mol. The average molecular weight is 322 g/mol. The van der Waals surface area contributed by atoms with Crippen LogP contribution >= 0.6 is 15.9 Å². The monoisotopic (exact) mass is 321 g/mol. The Morgan fingerprint density at radius 1 is 1.47 bits per heavy atom. The lowest BCUT2D eigenvalue weighted by Gasteiger charge is -2.24. The van der Waals surface area contributed by atoms with Crippen molar-refractivity contribution in [3.8, 4) is 0 Å². The van der Waals surface area contributed by atoms with Crippen LogP contribution in [0.1, 0.15) is 19.8 Å². The van der Waals surface area contributed by atoms with Crippen molar-refractivity contribution in [2.75, 3.05) is 11.9 Å². The summed E-state index contributed by atoms with van der Waals surface area (Å²) in [4.78, 5) is 8.69. The van der Waals surface area contributed by atoms with E-state index in [-0.39, 0.29) is 0 Å². The fourth-order valence-electron chi connectivity index (χ4n) is 2.27. The molecular weight excluding hydrogens is 306 g/mol. The molecule has 1 saturated carbocycles. The van der Waals surface area contributed by atoms with Gasteiger partial charge in [-0.1, -0.05) is 0 Å². The van der Waals surface area contributed by atoms with Crippen molar-refractivity contribution in [1.29, 1.82) is 0 Å². The standard InChI is InChI=1S/C14H16BrN3O/c1-14(19,9-2-3-9)8-18-11-4-5-16-12-6-10(15)7-17-13(11)12/h4-7,9,19H,2-3,8H2,1H3,(H,16,18). The Morgan fingerprint density at radius 2 is 2.26 bits per heavy atom. The first kappa shape index (κ1) is 12.8. The third kappa shape index (κ3) is 2.72. The van der Waals surface area contributed by atoms with Crippen molar-refractivity contribution in [3.63, 3.8) is 0 Å². The number of nitrogens with one attached hydrogen (secondary N) is 1. The molecule has 2 aromatic heterocycles. The number of rotatable bonds is 4. The maximum absolute atomic E-state index is 10.3. The van der Waals surface area contributed by atoms with Crippen molar-refractivity contribution in [2.45, 2.75) is 25.4 Å². The van der Waals surface area contributed by atoms with Gasteiger partial charge >= 0.3 is 0 Å². The molecule has 0 spiro atoms. The van der Waals surface area contributed by atoms with Gasteiger partial charge in [-0.15, -0.1) is 0 Å². The van der Waals surface area contributed by atoms with Gasteiger partial charge in [0.2, 0.25) is 0 Å². The van der Waals surface area contributed by atoms with E-state index in [0.717, 1.165) is 34.0 Å². The van der Waals surface area contributed by atoms with Crippen molar-refractivity contribution < 1.29 is 5.11 Å². The van der Waals surface area contributed by atoms with E-state index in [1.165, 1.54) is 0 Å². The van der Waals surface area contributed by atoms with E-state index < -0.39 is 5.60 Å². The van der Waals surface area contributed by atoms with Gasteiger partial charge < -0.3 is 10.4 Å². The molecule has 0 aliphatic heterocycles. The Labute approximate surface area is 120 Å². The molecule has 1 fully saturated rings. The van der Waals surface area contributed by atoms with Gasteiger partial charge in [0.05, 0.1) is 16.8 Å². The van der Waals surface area contributed by atoms with Crippen LogP contribution in [0.2, 0.25) is 0 Å². The second kappa shape index (κ2) is 4.72. The Morgan fingerprint density at radius 3 is 3.00 bits per heavy atom. The summed E-state index contributed by atoms with van der Waals surface area (Å²) in [5.74, 6) is 0.426. The summed E-state index contributed by atoms with van der Waals surface area (Å²) in [5, 5.41) is 13.6. The Balaban J connectivity index is 1.84. The fourth-order valence-corrected chi connectivity index (χ4v) is 2.59. The SMILES string of the molecule is CC(O)(CNc1ccnc2cc(Br)cnc12)C1CC1. The first-order valence-corrected chi connectivity index (χ1v) is 7.22. The van der Waals surface area contributed by atoms with E-state index in [9.17, 15) is 5.11 Å². The summed E-state index contributed by atoms with van der Waals surface area (Å²) in [6.45, 7) is 2.43. The van der Waals surface area contributed by atoms with Gasteiger partial charge in [-0.05, 0) is 53.7 Å². The third-order valence-corrected chi connectivity index (χ3v) is 4.07. The van der Waals surface area contributed by atoms with E-state index in [2.05, 4.69) is 31.2 Å². The summed E-state index contributed by atoms with van der Waals surface area (Å²) in [7, 11) is 0. The molecule has 0 amide bonds. The smallest absolute Gasteiger partial charge is 0.112 e. The van der Waals surface area contributed by atoms with Crippen LogP contribution in [-0.4, -0.2) is 27.2 Å². The fraction of sp³-hybridized carbons (Fsp3) is 0.429. The lowest BCUT2D eigenvalue weighted by Crippen LogP contribution is -2.35. The van der Waals surface area contributed by atoms with E-state index in [1.807, 2.05) is 19.1 Å². The highest BCUT2D eigenvalue weighted by Gasteiger charge is 2.39. The first-order valence-electron chi connectivity index (χ1n) is 6.43. The first-order chi connectivity index (χ1) is 9.06. The molecule has 0 bridgehead atoms. The molecular formula is C14H16BrN3O. The van der Waals surface area contributed by atoms with Crippen LogP contribution in [0.4, 0.5) is 5.69 Å². The molecule has 5 heteroatoms. The number of hydrogen-bond acceptors (Lipinski definition) is 4. The van der Waals surface area contributed by atoms with E-state index in [1.54, 1.807) is 12.4 Å². The van der Waals surface area contributed by atoms with E-state index in [4.69, 9.17) is 0 Å². The molecule has 4 nitrogen and oxygen atoms in total.